The Balaban J connectivity index is 2.22. The number of hydrogen-bond acceptors (Lipinski definition) is 1. The van der Waals surface area contributed by atoms with E-state index in [9.17, 15) is 4.79 Å². The van der Waals surface area contributed by atoms with E-state index in [0.29, 0.717) is 31.2 Å². The van der Waals surface area contributed by atoms with Gasteiger partial charge in [-0.25, -0.2) is 0 Å². The van der Waals surface area contributed by atoms with Crippen LogP contribution in [0.3, 0.4) is 0 Å². The first-order valence-electron chi connectivity index (χ1n) is 5.60. The number of hydrogen-bond donors (Lipinski definition) is 0. The lowest BCUT2D eigenvalue weighted by Gasteiger charge is -2.00. The molecule has 2 rings (SSSR count). The Morgan fingerprint density at radius 3 is 2.25 bits per heavy atom. The molecule has 0 saturated heterocycles. The van der Waals surface area contributed by atoms with Crippen LogP contribution in [-0.2, 0) is 0 Å². The molecular formula is C15H8Cl4O. The summed E-state index contributed by atoms with van der Waals surface area (Å²) in [5.74, 6) is -0.186. The van der Waals surface area contributed by atoms with Gasteiger partial charge in [0.05, 0.1) is 10.0 Å². The maximum Gasteiger partial charge on any atom is 0.185 e. The van der Waals surface area contributed by atoms with E-state index in [1.54, 1.807) is 36.4 Å². The SMILES string of the molecule is O=C(C=Cc1ccc(Cl)cc1Cl)c1ccc(Cl)c(Cl)c1. The molecule has 0 bridgehead atoms. The van der Waals surface area contributed by atoms with Crippen molar-refractivity contribution in [2.24, 2.45) is 0 Å². The molecule has 0 aliphatic carbocycles. The van der Waals surface area contributed by atoms with E-state index in [0.717, 1.165) is 0 Å². The lowest BCUT2D eigenvalue weighted by Crippen LogP contribution is -1.93. The number of rotatable bonds is 3. The fourth-order valence-electron chi connectivity index (χ4n) is 1.55. The van der Waals surface area contributed by atoms with Crippen LogP contribution in [0.5, 0.6) is 0 Å². The van der Waals surface area contributed by atoms with Crippen LogP contribution >= 0.6 is 46.4 Å². The second-order valence-electron chi connectivity index (χ2n) is 3.99. The monoisotopic (exact) mass is 344 g/mol. The van der Waals surface area contributed by atoms with Gasteiger partial charge in [0.15, 0.2) is 5.78 Å². The van der Waals surface area contributed by atoms with E-state index in [1.807, 2.05) is 0 Å². The minimum absolute atomic E-state index is 0.186. The summed E-state index contributed by atoms with van der Waals surface area (Å²) >= 11 is 23.5. The van der Waals surface area contributed by atoms with Crippen molar-refractivity contribution >= 4 is 58.3 Å². The van der Waals surface area contributed by atoms with Crippen LogP contribution in [-0.4, -0.2) is 5.78 Å². The average molecular weight is 346 g/mol. The van der Waals surface area contributed by atoms with Gasteiger partial charge in [-0.2, -0.15) is 0 Å². The zero-order valence-electron chi connectivity index (χ0n) is 10.0. The molecule has 0 fully saturated rings. The molecule has 102 valence electrons. The van der Waals surface area contributed by atoms with Crippen LogP contribution in [0, 0.1) is 0 Å². The molecule has 0 aliphatic rings. The molecular weight excluding hydrogens is 338 g/mol. The fourth-order valence-corrected chi connectivity index (χ4v) is 2.32. The predicted octanol–water partition coefficient (Wildman–Crippen LogP) is 6.20. The van der Waals surface area contributed by atoms with Gasteiger partial charge in [0.1, 0.15) is 0 Å². The molecule has 2 aromatic rings. The minimum atomic E-state index is -0.186. The van der Waals surface area contributed by atoms with Gasteiger partial charge in [-0.15, -0.1) is 0 Å². The zero-order valence-corrected chi connectivity index (χ0v) is 13.1. The highest BCUT2D eigenvalue weighted by Gasteiger charge is 2.05. The molecule has 0 amide bonds. The predicted molar refractivity (Wildman–Crippen MR) is 86.3 cm³/mol. The Morgan fingerprint density at radius 1 is 0.850 bits per heavy atom. The second-order valence-corrected chi connectivity index (χ2v) is 5.65. The van der Waals surface area contributed by atoms with Crippen LogP contribution in [0.25, 0.3) is 6.08 Å². The maximum absolute atomic E-state index is 12.0. The van der Waals surface area contributed by atoms with Crippen molar-refractivity contribution in [1.82, 2.24) is 0 Å². The maximum atomic E-state index is 12.0. The summed E-state index contributed by atoms with van der Waals surface area (Å²) in [4.78, 5) is 12.0. The first kappa shape index (κ1) is 15.4. The Bertz CT molecular complexity index is 692. The lowest BCUT2D eigenvalue weighted by atomic mass is 10.1. The molecule has 0 radical (unpaired) electrons. The van der Waals surface area contributed by atoms with E-state index < -0.39 is 0 Å². The number of carbonyl (C=O) groups excluding carboxylic acids is 1. The fraction of sp³-hybridized carbons (Fsp3) is 0. The number of allylic oxidation sites excluding steroid dienone is 1. The number of carbonyl (C=O) groups is 1. The van der Waals surface area contributed by atoms with Gasteiger partial charge < -0.3 is 0 Å². The minimum Gasteiger partial charge on any atom is -0.289 e. The third-order valence-electron chi connectivity index (χ3n) is 2.58. The Morgan fingerprint density at radius 2 is 1.60 bits per heavy atom. The molecule has 0 aromatic heterocycles. The van der Waals surface area contributed by atoms with Crippen LogP contribution in [0.1, 0.15) is 15.9 Å². The molecule has 0 unspecified atom stereocenters. The number of halogens is 4. The highest BCUT2D eigenvalue weighted by Crippen LogP contribution is 2.24. The van der Waals surface area contributed by atoms with E-state index in [2.05, 4.69) is 0 Å². The summed E-state index contributed by atoms with van der Waals surface area (Å²) in [6.07, 6.45) is 3.05. The largest absolute Gasteiger partial charge is 0.289 e. The molecule has 0 saturated carbocycles. The van der Waals surface area contributed by atoms with E-state index in [1.165, 1.54) is 12.1 Å². The Labute approximate surface area is 136 Å². The molecule has 2 aromatic carbocycles. The van der Waals surface area contributed by atoms with Gasteiger partial charge in [-0.3, -0.25) is 4.79 Å². The van der Waals surface area contributed by atoms with Crippen LogP contribution in [0.2, 0.25) is 20.1 Å². The van der Waals surface area contributed by atoms with Gasteiger partial charge in [0.2, 0.25) is 0 Å². The summed E-state index contributed by atoms with van der Waals surface area (Å²) in [6, 6.07) is 9.79. The molecule has 0 spiro atoms. The highest BCUT2D eigenvalue weighted by molar-refractivity contribution is 6.42. The van der Waals surface area contributed by atoms with Crippen LogP contribution in [0.15, 0.2) is 42.5 Å². The first-order chi connectivity index (χ1) is 9.47. The topological polar surface area (TPSA) is 17.1 Å². The summed E-state index contributed by atoms with van der Waals surface area (Å²) < 4.78 is 0. The molecule has 5 heteroatoms. The van der Waals surface area contributed by atoms with E-state index in [4.69, 9.17) is 46.4 Å². The van der Waals surface area contributed by atoms with Crippen LogP contribution < -0.4 is 0 Å². The first-order valence-corrected chi connectivity index (χ1v) is 7.11. The summed E-state index contributed by atoms with van der Waals surface area (Å²) in [5.41, 5.74) is 1.17. The number of ketones is 1. The van der Waals surface area contributed by atoms with Crippen molar-refractivity contribution in [2.45, 2.75) is 0 Å². The van der Waals surface area contributed by atoms with Crippen molar-refractivity contribution in [3.8, 4) is 0 Å². The highest BCUT2D eigenvalue weighted by atomic mass is 35.5. The van der Waals surface area contributed by atoms with Crippen molar-refractivity contribution < 1.29 is 4.79 Å². The van der Waals surface area contributed by atoms with Gasteiger partial charge in [-0.05, 0) is 48.0 Å². The van der Waals surface area contributed by atoms with Crippen LogP contribution in [0.4, 0.5) is 0 Å². The van der Waals surface area contributed by atoms with Crippen molar-refractivity contribution in [1.29, 1.82) is 0 Å². The van der Waals surface area contributed by atoms with E-state index >= 15 is 0 Å². The standard InChI is InChI=1S/C15H8Cl4O/c16-11-4-1-9(13(18)8-11)3-6-15(20)10-2-5-12(17)14(19)7-10/h1-8H. The molecule has 0 heterocycles. The van der Waals surface area contributed by atoms with Gasteiger partial charge in [0, 0.05) is 15.6 Å². The third kappa shape index (κ3) is 3.77. The summed E-state index contributed by atoms with van der Waals surface area (Å²) in [5, 5.41) is 1.78. The van der Waals surface area contributed by atoms with Gasteiger partial charge >= 0.3 is 0 Å². The zero-order chi connectivity index (χ0) is 14.7. The Hall–Kier alpha value is -0.990. The lowest BCUT2D eigenvalue weighted by molar-refractivity contribution is 0.104. The normalized spacial score (nSPS) is 11.0. The van der Waals surface area contributed by atoms with E-state index in [-0.39, 0.29) is 5.78 Å². The van der Waals surface area contributed by atoms with Crippen molar-refractivity contribution in [3.63, 3.8) is 0 Å². The second kappa shape index (κ2) is 6.64. The Kier molecular flexibility index (Phi) is 5.11. The van der Waals surface area contributed by atoms with Crippen molar-refractivity contribution in [3.05, 3.63) is 73.7 Å². The smallest absolute Gasteiger partial charge is 0.185 e. The molecule has 0 aliphatic heterocycles. The molecule has 0 N–H and O–H groups in total. The average Bonchev–Trinajstić information content (AvgIpc) is 2.40. The van der Waals surface area contributed by atoms with Crippen molar-refractivity contribution in [2.75, 3.05) is 0 Å². The van der Waals surface area contributed by atoms with Gasteiger partial charge in [-0.1, -0.05) is 52.5 Å². The number of benzene rings is 2. The quantitative estimate of drug-likeness (QED) is 0.478. The molecule has 1 nitrogen and oxygen atoms in total. The third-order valence-corrected chi connectivity index (χ3v) is 3.88. The summed E-state index contributed by atoms with van der Waals surface area (Å²) in [7, 11) is 0. The summed E-state index contributed by atoms with van der Waals surface area (Å²) in [6.45, 7) is 0. The molecule has 0 atom stereocenters. The van der Waals surface area contributed by atoms with Gasteiger partial charge in [0.25, 0.3) is 0 Å². The molecule has 20 heavy (non-hydrogen) atoms.